The number of fused-ring (bicyclic) bond motifs is 2. The highest BCUT2D eigenvalue weighted by Gasteiger charge is 2.23. The van der Waals surface area contributed by atoms with Gasteiger partial charge in [-0.15, -0.1) is 0 Å². The highest BCUT2D eigenvalue weighted by atomic mass is 127. The first kappa shape index (κ1) is 10.7. The van der Waals surface area contributed by atoms with Gasteiger partial charge in [-0.1, -0.05) is 45.4 Å². The third-order valence-corrected chi connectivity index (χ3v) is 6.31. The Morgan fingerprint density at radius 2 is 2.19 bits per heavy atom. The smallest absolute Gasteiger partial charge is 0.0153 e. The van der Waals surface area contributed by atoms with Crippen molar-refractivity contribution in [1.29, 1.82) is 0 Å². The van der Waals surface area contributed by atoms with Crippen molar-refractivity contribution < 1.29 is 0 Å². The molecule has 0 spiro atoms. The molecule has 3 rings (SSSR count). The summed E-state index contributed by atoms with van der Waals surface area (Å²) in [5.41, 5.74) is 6.37. The first-order chi connectivity index (χ1) is 7.75. The van der Waals surface area contributed by atoms with Crippen LogP contribution in [0.1, 0.15) is 37.3 Å². The third-order valence-electron chi connectivity index (χ3n) is 3.64. The molecule has 1 atom stereocenters. The Hall–Kier alpha value is -0.440. The predicted octanol–water partition coefficient (Wildman–Crippen LogP) is 4.52. The van der Waals surface area contributed by atoms with Crippen molar-refractivity contribution >= 4 is 30.3 Å². The lowest BCUT2D eigenvalue weighted by Gasteiger charge is -2.28. The zero-order valence-electron chi connectivity index (χ0n) is 9.89. The molecule has 1 aliphatic heterocycles. The fourth-order valence-electron chi connectivity index (χ4n) is 2.81. The highest BCUT2D eigenvalue weighted by Crippen LogP contribution is 2.42. The van der Waals surface area contributed by atoms with Crippen LogP contribution in [0.3, 0.4) is 0 Å². The van der Waals surface area contributed by atoms with Gasteiger partial charge < -0.3 is 0 Å². The molecule has 1 heterocycles. The van der Waals surface area contributed by atoms with Gasteiger partial charge in [0.05, 0.1) is 0 Å². The van der Waals surface area contributed by atoms with Crippen LogP contribution < -0.4 is 0 Å². The Labute approximate surface area is 108 Å². The summed E-state index contributed by atoms with van der Waals surface area (Å²) in [5, 5.41) is 0. The molecule has 1 aromatic rings. The molecule has 1 aliphatic carbocycles. The Morgan fingerprint density at radius 3 is 3.06 bits per heavy atom. The van der Waals surface area contributed by atoms with Crippen LogP contribution >= 0.6 is 20.7 Å². The molecule has 1 unspecified atom stereocenters. The van der Waals surface area contributed by atoms with Gasteiger partial charge in [-0.2, -0.15) is 0 Å². The molecule has 84 valence electrons. The van der Waals surface area contributed by atoms with Crippen molar-refractivity contribution in [2.24, 2.45) is 5.92 Å². The van der Waals surface area contributed by atoms with Crippen molar-refractivity contribution in [3.63, 3.8) is 0 Å². The van der Waals surface area contributed by atoms with E-state index in [1.54, 1.807) is 20.3 Å². The van der Waals surface area contributed by atoms with E-state index in [1.807, 2.05) is 0 Å². The second-order valence-corrected chi connectivity index (χ2v) is 7.34. The molecule has 0 amide bonds. The molecule has 0 fully saturated rings. The molecule has 1 aromatic carbocycles. The maximum absolute atomic E-state index is 2.57. The minimum absolute atomic E-state index is 0.134. The lowest BCUT2D eigenvalue weighted by Crippen LogP contribution is -2.12. The van der Waals surface area contributed by atoms with Gasteiger partial charge in [0.15, 0.2) is 0 Å². The number of halogens is 1. The molecular weight excluding hydrogens is 307 g/mol. The summed E-state index contributed by atoms with van der Waals surface area (Å²) in [5.74, 6) is 0.768. The van der Waals surface area contributed by atoms with E-state index in [0.29, 0.717) is 0 Å². The molecule has 0 N–H and O–H groups in total. The molecule has 0 saturated carbocycles. The Bertz CT molecular complexity index is 494. The van der Waals surface area contributed by atoms with Crippen LogP contribution in [0, 0.1) is 16.4 Å². The van der Waals surface area contributed by atoms with Gasteiger partial charge in [0.1, 0.15) is 0 Å². The normalized spacial score (nSPS) is 23.5. The van der Waals surface area contributed by atoms with Crippen molar-refractivity contribution in [2.45, 2.75) is 33.1 Å². The standard InChI is InChI=1S/C15H17I/c1-10-6-7-14-13(8-10)15-11(2)4-3-5-12(15)9-16-14/h6-9,11H,3-5H2,1-2H3. The molecule has 0 nitrogen and oxygen atoms in total. The first-order valence-corrected chi connectivity index (χ1v) is 8.39. The van der Waals surface area contributed by atoms with Gasteiger partial charge in [-0.05, 0) is 58.9 Å². The molecule has 0 saturated heterocycles. The predicted molar refractivity (Wildman–Crippen MR) is 79.9 cm³/mol. The Morgan fingerprint density at radius 1 is 1.31 bits per heavy atom. The minimum Gasteiger partial charge on any atom is -0.0847 e. The summed E-state index contributed by atoms with van der Waals surface area (Å²) in [6.07, 6.45) is 4.09. The molecule has 0 bridgehead atoms. The van der Waals surface area contributed by atoms with Crippen LogP contribution in [0.5, 0.6) is 0 Å². The summed E-state index contributed by atoms with van der Waals surface area (Å²) >= 11 is 0.134. The monoisotopic (exact) mass is 324 g/mol. The summed E-state index contributed by atoms with van der Waals surface area (Å²) in [7, 11) is 0. The number of aryl methyl sites for hydroxylation is 1. The fourth-order valence-corrected chi connectivity index (χ4v) is 5.34. The number of rotatable bonds is 0. The molecular formula is C15H17I. The zero-order chi connectivity index (χ0) is 11.1. The van der Waals surface area contributed by atoms with Crippen LogP contribution in [-0.4, -0.2) is 4.01 Å². The van der Waals surface area contributed by atoms with E-state index < -0.39 is 0 Å². The number of allylic oxidation sites excluding steroid dienone is 2. The lowest BCUT2D eigenvalue weighted by molar-refractivity contribution is 0.595. The average Bonchev–Trinajstić information content (AvgIpc) is 2.28. The van der Waals surface area contributed by atoms with Crippen molar-refractivity contribution in [3.8, 4) is 0 Å². The van der Waals surface area contributed by atoms with Crippen LogP contribution in [0.15, 0.2) is 23.8 Å². The second-order valence-electron chi connectivity index (χ2n) is 4.93. The molecule has 2 aliphatic rings. The number of hydrogen-bond acceptors (Lipinski definition) is 0. The van der Waals surface area contributed by atoms with E-state index in [2.05, 4.69) is 36.1 Å². The Kier molecular flexibility index (Phi) is 2.74. The second kappa shape index (κ2) is 4.10. The lowest BCUT2D eigenvalue weighted by atomic mass is 9.80. The largest absolute Gasteiger partial charge is 0.0847 e. The summed E-state index contributed by atoms with van der Waals surface area (Å²) < 4.78 is 4.21. The summed E-state index contributed by atoms with van der Waals surface area (Å²) in [6.45, 7) is 4.61. The molecule has 1 heteroatoms. The SMILES string of the molecule is Cc1ccc2c(c1)C1=C(C=I2)CCCC1C. The number of benzene rings is 1. The fraction of sp³-hybridized carbons (Fsp3) is 0.400. The highest BCUT2D eigenvalue weighted by molar-refractivity contribution is 14.2. The third kappa shape index (κ3) is 1.69. The van der Waals surface area contributed by atoms with E-state index in [0.717, 1.165) is 5.92 Å². The van der Waals surface area contributed by atoms with Crippen LogP contribution in [0.25, 0.3) is 5.57 Å². The van der Waals surface area contributed by atoms with Crippen LogP contribution in [0.4, 0.5) is 0 Å². The van der Waals surface area contributed by atoms with Crippen molar-refractivity contribution in [2.75, 3.05) is 0 Å². The zero-order valence-corrected chi connectivity index (χ0v) is 12.0. The molecule has 16 heavy (non-hydrogen) atoms. The van der Waals surface area contributed by atoms with E-state index in [4.69, 9.17) is 0 Å². The molecule has 0 aromatic heterocycles. The Balaban J connectivity index is 2.22. The molecule has 0 radical (unpaired) electrons. The van der Waals surface area contributed by atoms with Crippen molar-refractivity contribution in [1.82, 2.24) is 0 Å². The van der Waals surface area contributed by atoms with Crippen molar-refractivity contribution in [3.05, 3.63) is 38.5 Å². The van der Waals surface area contributed by atoms with E-state index in [9.17, 15) is 0 Å². The van der Waals surface area contributed by atoms with Crippen LogP contribution in [-0.2, 0) is 0 Å². The minimum atomic E-state index is 0.134. The quantitative estimate of drug-likeness (QED) is 0.615. The van der Waals surface area contributed by atoms with Gasteiger partial charge in [0, 0.05) is 3.57 Å². The van der Waals surface area contributed by atoms with Crippen LogP contribution in [0.2, 0.25) is 0 Å². The number of hydrogen-bond donors (Lipinski definition) is 0. The van der Waals surface area contributed by atoms with Gasteiger partial charge >= 0.3 is 0 Å². The van der Waals surface area contributed by atoms with Gasteiger partial charge in [-0.3, -0.25) is 0 Å². The maximum atomic E-state index is 2.57. The topological polar surface area (TPSA) is 0 Å². The van der Waals surface area contributed by atoms with Gasteiger partial charge in [0.2, 0.25) is 0 Å². The summed E-state index contributed by atoms with van der Waals surface area (Å²) in [4.78, 5) is 0. The van der Waals surface area contributed by atoms with E-state index in [-0.39, 0.29) is 20.7 Å². The average molecular weight is 324 g/mol. The summed E-state index contributed by atoms with van der Waals surface area (Å²) in [6, 6.07) is 7.05. The van der Waals surface area contributed by atoms with E-state index >= 15 is 0 Å². The maximum Gasteiger partial charge on any atom is 0.0153 e. The van der Waals surface area contributed by atoms with E-state index in [1.165, 1.54) is 24.8 Å². The first-order valence-electron chi connectivity index (χ1n) is 6.06. The van der Waals surface area contributed by atoms with Gasteiger partial charge in [0.25, 0.3) is 0 Å². The van der Waals surface area contributed by atoms with Gasteiger partial charge in [-0.25, -0.2) is 0 Å².